The van der Waals surface area contributed by atoms with Crippen LogP contribution in [0.5, 0.6) is 0 Å². The van der Waals surface area contributed by atoms with Gasteiger partial charge in [-0.05, 0) is 59.3 Å². The average Bonchev–Trinajstić information content (AvgIpc) is 2.43. The molecule has 0 unspecified atom stereocenters. The van der Waals surface area contributed by atoms with Crippen molar-refractivity contribution in [2.75, 3.05) is 18.8 Å². The van der Waals surface area contributed by atoms with E-state index in [2.05, 4.69) is 22.9 Å². The van der Waals surface area contributed by atoms with Crippen LogP contribution in [0.3, 0.4) is 0 Å². The lowest BCUT2D eigenvalue weighted by molar-refractivity contribution is 0.262. The van der Waals surface area contributed by atoms with Gasteiger partial charge in [-0.2, -0.15) is 4.31 Å². The smallest absolute Gasteiger partial charge is 0.243 e. The number of aryl methyl sites for hydroxylation is 1. The summed E-state index contributed by atoms with van der Waals surface area (Å²) >= 11 is 3.33. The van der Waals surface area contributed by atoms with Crippen LogP contribution < -0.4 is 5.73 Å². The first-order valence-electron chi connectivity index (χ1n) is 7.42. The quantitative estimate of drug-likeness (QED) is 0.819. The minimum absolute atomic E-state index is 0.331. The predicted octanol–water partition coefficient (Wildman–Crippen LogP) is 3.54. The number of hydrogen-bond acceptors (Lipinski definition) is 3. The van der Waals surface area contributed by atoms with E-state index in [1.54, 1.807) is 23.4 Å². The Bertz CT molecular complexity index is 608. The van der Waals surface area contributed by atoms with Gasteiger partial charge in [0.05, 0.1) is 4.90 Å². The number of sulfonamides is 1. The van der Waals surface area contributed by atoms with Crippen LogP contribution in [0.4, 0.5) is 5.69 Å². The van der Waals surface area contributed by atoms with Crippen molar-refractivity contribution in [2.24, 2.45) is 5.92 Å². The molecule has 0 radical (unpaired) electrons. The molecule has 1 saturated heterocycles. The summed E-state index contributed by atoms with van der Waals surface area (Å²) in [4.78, 5) is 0.331. The van der Waals surface area contributed by atoms with E-state index in [1.165, 1.54) is 12.8 Å². The lowest BCUT2D eigenvalue weighted by Gasteiger charge is -2.31. The number of halogens is 1. The molecule has 1 aromatic rings. The van der Waals surface area contributed by atoms with Gasteiger partial charge in [0.1, 0.15) is 0 Å². The SMILES string of the molecule is CCCC1CCN(S(=O)(=O)c2cc(N)c(Br)cc2C)CC1. The Morgan fingerprint density at radius 3 is 2.52 bits per heavy atom. The van der Waals surface area contributed by atoms with Gasteiger partial charge in [-0.15, -0.1) is 0 Å². The number of hydrogen-bond donors (Lipinski definition) is 1. The second kappa shape index (κ2) is 6.67. The van der Waals surface area contributed by atoms with Gasteiger partial charge in [0.25, 0.3) is 0 Å². The highest BCUT2D eigenvalue weighted by atomic mass is 79.9. The molecule has 21 heavy (non-hydrogen) atoms. The molecule has 0 bridgehead atoms. The number of benzene rings is 1. The Morgan fingerprint density at radius 2 is 1.95 bits per heavy atom. The third kappa shape index (κ3) is 3.60. The molecule has 1 aliphatic rings. The van der Waals surface area contributed by atoms with Gasteiger partial charge in [0, 0.05) is 23.2 Å². The molecule has 0 aromatic heterocycles. The van der Waals surface area contributed by atoms with Crippen molar-refractivity contribution in [1.29, 1.82) is 0 Å². The molecule has 1 fully saturated rings. The second-order valence-corrected chi connectivity index (χ2v) is 8.54. The van der Waals surface area contributed by atoms with Crippen LogP contribution in [0.15, 0.2) is 21.5 Å². The first-order chi connectivity index (χ1) is 9.86. The fraction of sp³-hybridized carbons (Fsp3) is 0.600. The standard InChI is InChI=1S/C15H23BrN2O2S/c1-3-4-12-5-7-18(8-6-12)21(19,20)15-10-14(17)13(16)9-11(15)2/h9-10,12H,3-8,17H2,1-2H3. The highest BCUT2D eigenvalue weighted by Gasteiger charge is 2.30. The Hall–Kier alpha value is -0.590. The molecular weight excluding hydrogens is 352 g/mol. The van der Waals surface area contributed by atoms with Gasteiger partial charge < -0.3 is 5.73 Å². The van der Waals surface area contributed by atoms with E-state index >= 15 is 0 Å². The van der Waals surface area contributed by atoms with E-state index in [4.69, 9.17) is 5.73 Å². The summed E-state index contributed by atoms with van der Waals surface area (Å²) in [6.07, 6.45) is 4.27. The van der Waals surface area contributed by atoms with E-state index in [-0.39, 0.29) is 0 Å². The maximum absolute atomic E-state index is 12.8. The van der Waals surface area contributed by atoms with Gasteiger partial charge >= 0.3 is 0 Å². The summed E-state index contributed by atoms with van der Waals surface area (Å²) in [5, 5.41) is 0. The van der Waals surface area contributed by atoms with E-state index in [9.17, 15) is 8.42 Å². The Morgan fingerprint density at radius 1 is 1.33 bits per heavy atom. The monoisotopic (exact) mass is 374 g/mol. The number of piperidine rings is 1. The molecule has 1 heterocycles. The lowest BCUT2D eigenvalue weighted by atomic mass is 9.94. The number of rotatable bonds is 4. The first-order valence-corrected chi connectivity index (χ1v) is 9.65. The minimum atomic E-state index is -3.44. The highest BCUT2D eigenvalue weighted by Crippen LogP contribution is 2.31. The van der Waals surface area contributed by atoms with Crippen LogP contribution in [-0.4, -0.2) is 25.8 Å². The summed E-state index contributed by atoms with van der Waals surface area (Å²) in [5.74, 6) is 0.664. The summed E-state index contributed by atoms with van der Waals surface area (Å²) in [7, 11) is -3.44. The van der Waals surface area contributed by atoms with Crippen LogP contribution in [0.1, 0.15) is 38.2 Å². The zero-order valence-electron chi connectivity index (χ0n) is 12.6. The number of anilines is 1. The van der Waals surface area contributed by atoms with Crippen molar-refractivity contribution in [3.05, 3.63) is 22.2 Å². The highest BCUT2D eigenvalue weighted by molar-refractivity contribution is 9.10. The molecule has 0 amide bonds. The molecule has 2 rings (SSSR count). The van der Waals surface area contributed by atoms with Gasteiger partial charge in [-0.1, -0.05) is 19.8 Å². The molecule has 0 aliphatic carbocycles. The molecule has 118 valence electrons. The van der Waals surface area contributed by atoms with Crippen molar-refractivity contribution < 1.29 is 8.42 Å². The number of nitrogens with two attached hydrogens (primary N) is 1. The maximum Gasteiger partial charge on any atom is 0.243 e. The summed E-state index contributed by atoms with van der Waals surface area (Å²) in [5.41, 5.74) is 7.03. The first kappa shape index (κ1) is 16.8. The molecule has 2 N–H and O–H groups in total. The maximum atomic E-state index is 12.8. The van der Waals surface area contributed by atoms with E-state index in [0.717, 1.165) is 22.9 Å². The average molecular weight is 375 g/mol. The van der Waals surface area contributed by atoms with E-state index in [1.807, 2.05) is 0 Å². The molecule has 1 aliphatic heterocycles. The van der Waals surface area contributed by atoms with Gasteiger partial charge in [-0.3, -0.25) is 0 Å². The fourth-order valence-corrected chi connectivity index (χ4v) is 5.10. The topological polar surface area (TPSA) is 63.4 Å². The van der Waals surface area contributed by atoms with Crippen LogP contribution in [0.25, 0.3) is 0 Å². The molecular formula is C15H23BrN2O2S. The van der Waals surface area contributed by atoms with E-state index in [0.29, 0.717) is 29.6 Å². The van der Waals surface area contributed by atoms with Crippen LogP contribution in [0.2, 0.25) is 0 Å². The minimum Gasteiger partial charge on any atom is -0.398 e. The van der Waals surface area contributed by atoms with Crippen molar-refractivity contribution in [3.63, 3.8) is 0 Å². The predicted molar refractivity (Wildman–Crippen MR) is 89.7 cm³/mol. The van der Waals surface area contributed by atoms with E-state index < -0.39 is 10.0 Å². The van der Waals surface area contributed by atoms with Gasteiger partial charge in [0.15, 0.2) is 0 Å². The molecule has 0 atom stereocenters. The zero-order valence-corrected chi connectivity index (χ0v) is 15.0. The third-order valence-electron chi connectivity index (χ3n) is 4.18. The van der Waals surface area contributed by atoms with Gasteiger partial charge in [0.2, 0.25) is 10.0 Å². The van der Waals surface area contributed by atoms with Crippen molar-refractivity contribution >= 4 is 31.6 Å². The molecule has 4 nitrogen and oxygen atoms in total. The molecule has 1 aromatic carbocycles. The molecule has 0 saturated carbocycles. The van der Waals surface area contributed by atoms with Crippen LogP contribution in [-0.2, 0) is 10.0 Å². The number of nitrogen functional groups attached to an aromatic ring is 1. The number of nitrogens with zero attached hydrogens (tertiary/aromatic N) is 1. The second-order valence-electron chi connectivity index (χ2n) is 5.78. The van der Waals surface area contributed by atoms with Crippen molar-refractivity contribution in [1.82, 2.24) is 4.31 Å². The third-order valence-corrected chi connectivity index (χ3v) is 6.91. The largest absolute Gasteiger partial charge is 0.398 e. The Balaban J connectivity index is 2.22. The Labute approximate surface area is 135 Å². The molecule has 0 spiro atoms. The summed E-state index contributed by atoms with van der Waals surface area (Å²) in [6.45, 7) is 5.21. The summed E-state index contributed by atoms with van der Waals surface area (Å²) < 4.78 is 27.9. The van der Waals surface area contributed by atoms with Crippen LogP contribution >= 0.6 is 15.9 Å². The Kier molecular flexibility index (Phi) is 5.33. The lowest BCUT2D eigenvalue weighted by Crippen LogP contribution is -2.38. The van der Waals surface area contributed by atoms with Crippen molar-refractivity contribution in [3.8, 4) is 0 Å². The zero-order chi connectivity index (χ0) is 15.6. The van der Waals surface area contributed by atoms with Crippen LogP contribution in [0, 0.1) is 12.8 Å². The van der Waals surface area contributed by atoms with Crippen molar-refractivity contribution in [2.45, 2.75) is 44.4 Å². The van der Waals surface area contributed by atoms with Gasteiger partial charge in [-0.25, -0.2) is 8.42 Å². The summed E-state index contributed by atoms with van der Waals surface area (Å²) in [6, 6.07) is 3.33. The molecule has 6 heteroatoms. The normalized spacial score (nSPS) is 18.0. The fourth-order valence-electron chi connectivity index (χ4n) is 2.93.